The number of thioether (sulfide) groups is 1. The van der Waals surface area contributed by atoms with Crippen molar-refractivity contribution in [3.05, 3.63) is 70.5 Å². The number of anilines is 1. The molecule has 0 bridgehead atoms. The lowest BCUT2D eigenvalue weighted by molar-refractivity contribution is -0.116. The summed E-state index contributed by atoms with van der Waals surface area (Å²) in [6, 6.07) is 14.8. The van der Waals surface area contributed by atoms with Gasteiger partial charge in [-0.1, -0.05) is 41.6 Å². The second kappa shape index (κ2) is 10.2. The van der Waals surface area contributed by atoms with Crippen LogP contribution < -0.4 is 10.2 Å². The third-order valence-electron chi connectivity index (χ3n) is 5.40. The molecule has 2 amide bonds. The molecule has 0 spiro atoms. The van der Waals surface area contributed by atoms with Crippen LogP contribution in [0.5, 0.6) is 0 Å². The Balaban J connectivity index is 1.29. The van der Waals surface area contributed by atoms with Gasteiger partial charge < -0.3 is 14.8 Å². The van der Waals surface area contributed by atoms with Crippen LogP contribution in [-0.4, -0.2) is 45.4 Å². The summed E-state index contributed by atoms with van der Waals surface area (Å²) in [5.74, 6) is 0.959. The Hall–Kier alpha value is -2.84. The Labute approximate surface area is 196 Å². The van der Waals surface area contributed by atoms with Crippen LogP contribution in [0.3, 0.4) is 0 Å². The van der Waals surface area contributed by atoms with E-state index in [-0.39, 0.29) is 11.8 Å². The van der Waals surface area contributed by atoms with E-state index >= 15 is 0 Å². The van der Waals surface area contributed by atoms with E-state index in [0.29, 0.717) is 34.5 Å². The highest BCUT2D eigenvalue weighted by molar-refractivity contribution is 7.99. The monoisotopic (exact) mass is 469 g/mol. The van der Waals surface area contributed by atoms with Crippen molar-refractivity contribution in [2.24, 2.45) is 7.05 Å². The molecular weight excluding hydrogens is 446 g/mol. The molecule has 4 rings (SSSR count). The molecule has 0 aliphatic carbocycles. The molecule has 0 radical (unpaired) electrons. The zero-order valence-electron chi connectivity index (χ0n) is 17.8. The summed E-state index contributed by atoms with van der Waals surface area (Å²) < 4.78 is 1.87. The van der Waals surface area contributed by atoms with Crippen LogP contribution in [0.25, 0.3) is 0 Å². The summed E-state index contributed by atoms with van der Waals surface area (Å²) in [7, 11) is 1.87. The minimum absolute atomic E-state index is 0.0712. The van der Waals surface area contributed by atoms with Crippen molar-refractivity contribution in [2.75, 3.05) is 23.7 Å². The lowest BCUT2D eigenvalue weighted by atomic mass is 10.0. The van der Waals surface area contributed by atoms with Crippen molar-refractivity contribution in [1.82, 2.24) is 20.1 Å². The topological polar surface area (TPSA) is 80.1 Å². The van der Waals surface area contributed by atoms with Gasteiger partial charge in [-0.15, -0.1) is 10.2 Å². The Morgan fingerprint density at radius 3 is 2.72 bits per heavy atom. The summed E-state index contributed by atoms with van der Waals surface area (Å²) in [6.07, 6.45) is 2.52. The Morgan fingerprint density at radius 2 is 1.91 bits per heavy atom. The number of fused-ring (bicyclic) bond motifs is 1. The number of rotatable bonds is 7. The number of hydrogen-bond donors (Lipinski definition) is 1. The summed E-state index contributed by atoms with van der Waals surface area (Å²) in [4.78, 5) is 26.9. The highest BCUT2D eigenvalue weighted by atomic mass is 35.5. The molecule has 0 unspecified atom stereocenters. The normalized spacial score (nSPS) is 13.0. The maximum Gasteiger partial charge on any atom is 0.251 e. The quantitative estimate of drug-likeness (QED) is 0.535. The van der Waals surface area contributed by atoms with Crippen molar-refractivity contribution in [3.63, 3.8) is 0 Å². The van der Waals surface area contributed by atoms with E-state index in [1.807, 2.05) is 34.7 Å². The first-order valence-electron chi connectivity index (χ1n) is 10.5. The fourth-order valence-electron chi connectivity index (χ4n) is 3.68. The van der Waals surface area contributed by atoms with E-state index < -0.39 is 0 Å². The van der Waals surface area contributed by atoms with Gasteiger partial charge in [-0.05, 0) is 48.7 Å². The third kappa shape index (κ3) is 5.14. The minimum atomic E-state index is -0.161. The molecule has 1 aliphatic heterocycles. The largest absolute Gasteiger partial charge is 0.352 e. The lowest BCUT2D eigenvalue weighted by Crippen LogP contribution is -2.36. The van der Waals surface area contributed by atoms with Gasteiger partial charge in [-0.3, -0.25) is 9.59 Å². The van der Waals surface area contributed by atoms with Crippen molar-refractivity contribution >= 4 is 40.9 Å². The Morgan fingerprint density at radius 1 is 1.12 bits per heavy atom. The smallest absolute Gasteiger partial charge is 0.251 e. The van der Waals surface area contributed by atoms with Gasteiger partial charge in [0.25, 0.3) is 5.91 Å². The second-order valence-corrected chi connectivity index (χ2v) is 8.92. The maximum atomic E-state index is 12.8. The highest BCUT2D eigenvalue weighted by Gasteiger charge is 2.23. The molecular formula is C23H24ClN5O2S. The number of halogens is 1. The van der Waals surface area contributed by atoms with E-state index in [0.717, 1.165) is 30.9 Å². The number of nitrogens with zero attached hydrogens (tertiary/aromatic N) is 4. The zero-order chi connectivity index (χ0) is 22.5. The minimum Gasteiger partial charge on any atom is -0.352 e. The molecule has 1 aliphatic rings. The first-order valence-corrected chi connectivity index (χ1v) is 11.8. The number of nitrogens with one attached hydrogen (secondary N) is 1. The number of carbonyl (C=O) groups is 2. The molecule has 1 N–H and O–H groups in total. The number of aromatic nitrogens is 3. The predicted octanol–water partition coefficient (Wildman–Crippen LogP) is 3.51. The van der Waals surface area contributed by atoms with Crippen LogP contribution in [0.15, 0.2) is 53.7 Å². The Bertz CT molecular complexity index is 1120. The molecule has 0 saturated carbocycles. The predicted molar refractivity (Wildman–Crippen MR) is 126 cm³/mol. The standard InChI is InChI=1S/C23H24ClN5O2S/c1-28-20(12-13-25-22(31)17-8-10-18(24)11-9-17)26-27-23(28)32-15-21(30)29-14-4-6-16-5-2-3-7-19(16)29/h2-3,5,7-11H,4,6,12-15H2,1H3,(H,25,31). The van der Waals surface area contributed by atoms with Gasteiger partial charge in [0.1, 0.15) is 5.82 Å². The molecule has 0 atom stereocenters. The SMILES string of the molecule is Cn1c(CCNC(=O)c2ccc(Cl)cc2)nnc1SCC(=O)N1CCCc2ccccc21. The number of benzene rings is 2. The van der Waals surface area contributed by atoms with Crippen LogP contribution in [0.4, 0.5) is 5.69 Å². The first-order chi connectivity index (χ1) is 15.5. The van der Waals surface area contributed by atoms with Crippen molar-refractivity contribution in [3.8, 4) is 0 Å². The highest BCUT2D eigenvalue weighted by Crippen LogP contribution is 2.28. The fourth-order valence-corrected chi connectivity index (χ4v) is 4.61. The van der Waals surface area contributed by atoms with E-state index in [1.165, 1.54) is 17.3 Å². The van der Waals surface area contributed by atoms with Gasteiger partial charge in [0, 0.05) is 42.8 Å². The van der Waals surface area contributed by atoms with E-state index in [2.05, 4.69) is 21.6 Å². The molecule has 3 aromatic rings. The van der Waals surface area contributed by atoms with E-state index in [1.54, 1.807) is 24.3 Å². The molecule has 2 heterocycles. The van der Waals surface area contributed by atoms with E-state index in [9.17, 15) is 9.59 Å². The molecule has 1 aromatic heterocycles. The third-order valence-corrected chi connectivity index (χ3v) is 6.66. The van der Waals surface area contributed by atoms with Crippen LogP contribution in [0.2, 0.25) is 5.02 Å². The zero-order valence-corrected chi connectivity index (χ0v) is 19.3. The molecule has 7 nitrogen and oxygen atoms in total. The molecule has 2 aromatic carbocycles. The van der Waals surface area contributed by atoms with E-state index in [4.69, 9.17) is 11.6 Å². The number of amides is 2. The van der Waals surface area contributed by atoms with Gasteiger partial charge in [0.15, 0.2) is 5.16 Å². The van der Waals surface area contributed by atoms with Gasteiger partial charge in [-0.25, -0.2) is 0 Å². The van der Waals surface area contributed by atoms with Gasteiger partial charge >= 0.3 is 0 Å². The summed E-state index contributed by atoms with van der Waals surface area (Å²) in [6.45, 7) is 1.18. The fraction of sp³-hybridized carbons (Fsp3) is 0.304. The van der Waals surface area contributed by atoms with Gasteiger partial charge in [0.05, 0.1) is 5.75 Å². The number of carbonyl (C=O) groups excluding carboxylic acids is 2. The van der Waals surface area contributed by atoms with Crippen LogP contribution in [0, 0.1) is 0 Å². The second-order valence-electron chi connectivity index (χ2n) is 7.54. The van der Waals surface area contributed by atoms with Crippen molar-refractivity contribution in [1.29, 1.82) is 0 Å². The summed E-state index contributed by atoms with van der Waals surface area (Å²) in [5, 5.41) is 12.6. The average Bonchev–Trinajstić information content (AvgIpc) is 3.16. The number of aryl methyl sites for hydroxylation is 1. The van der Waals surface area contributed by atoms with Crippen LogP contribution in [-0.2, 0) is 24.7 Å². The summed E-state index contributed by atoms with van der Waals surface area (Å²) in [5.41, 5.74) is 2.79. The molecule has 0 saturated heterocycles. The van der Waals surface area contributed by atoms with Crippen LogP contribution in [0.1, 0.15) is 28.2 Å². The average molecular weight is 470 g/mol. The van der Waals surface area contributed by atoms with Crippen molar-refractivity contribution < 1.29 is 9.59 Å². The number of hydrogen-bond acceptors (Lipinski definition) is 5. The van der Waals surface area contributed by atoms with Gasteiger partial charge in [-0.2, -0.15) is 0 Å². The molecule has 9 heteroatoms. The number of para-hydroxylation sites is 1. The van der Waals surface area contributed by atoms with Crippen LogP contribution >= 0.6 is 23.4 Å². The molecule has 0 fully saturated rings. The van der Waals surface area contributed by atoms with Gasteiger partial charge in [0.2, 0.25) is 5.91 Å². The molecule has 166 valence electrons. The van der Waals surface area contributed by atoms with Crippen molar-refractivity contribution in [2.45, 2.75) is 24.4 Å². The summed E-state index contributed by atoms with van der Waals surface area (Å²) >= 11 is 7.24. The first kappa shape index (κ1) is 22.4. The Kier molecular flexibility index (Phi) is 7.12. The lowest BCUT2D eigenvalue weighted by Gasteiger charge is -2.29. The maximum absolute atomic E-state index is 12.8. The molecule has 32 heavy (non-hydrogen) atoms.